The first-order chi connectivity index (χ1) is 13.0. The molecule has 1 heterocycles. The quantitative estimate of drug-likeness (QED) is 0.269. The van der Waals surface area contributed by atoms with E-state index in [-0.39, 0.29) is 35.9 Å². The van der Waals surface area contributed by atoms with Gasteiger partial charge in [0.1, 0.15) is 0 Å². The van der Waals surface area contributed by atoms with Gasteiger partial charge in [-0.3, -0.25) is 14.7 Å². The number of likely N-dealkylation sites (tertiary alicyclic amines) is 1. The molecular weight excluding hydrogens is 467 g/mol. The first-order valence-corrected chi connectivity index (χ1v) is 9.91. The Bertz CT molecular complexity index is 612. The third-order valence-electron chi connectivity index (χ3n) is 5.14. The summed E-state index contributed by atoms with van der Waals surface area (Å²) in [5.41, 5.74) is 1.31. The molecule has 2 atom stereocenters. The normalized spacial score (nSPS) is 18.4. The average Bonchev–Trinajstić information content (AvgIpc) is 2.69. The predicted octanol–water partition coefficient (Wildman–Crippen LogP) is 2.98. The van der Waals surface area contributed by atoms with Gasteiger partial charge in [-0.05, 0) is 39.3 Å². The largest absolute Gasteiger partial charge is 0.466 e. The molecule has 7 heteroatoms. The highest BCUT2D eigenvalue weighted by molar-refractivity contribution is 14.0. The molecule has 2 unspecified atom stereocenters. The van der Waals surface area contributed by atoms with E-state index in [0.717, 1.165) is 38.4 Å². The topological polar surface area (TPSA) is 57.2 Å². The Morgan fingerprint density at radius 2 is 2.11 bits per heavy atom. The molecule has 0 spiro atoms. The maximum Gasteiger partial charge on any atom is 0.310 e. The number of nitrogens with one attached hydrogen (secondary N) is 1. The molecule has 0 aliphatic carbocycles. The number of benzene rings is 1. The van der Waals surface area contributed by atoms with Gasteiger partial charge in [-0.25, -0.2) is 0 Å². The van der Waals surface area contributed by atoms with Gasteiger partial charge in [-0.15, -0.1) is 24.0 Å². The summed E-state index contributed by atoms with van der Waals surface area (Å²) in [6.45, 7) is 7.81. The van der Waals surface area contributed by atoms with Crippen LogP contribution in [0.4, 0.5) is 0 Å². The molecule has 158 valence electrons. The van der Waals surface area contributed by atoms with Crippen LogP contribution in [-0.4, -0.2) is 68.1 Å². The van der Waals surface area contributed by atoms with Crippen molar-refractivity contribution in [3.8, 4) is 0 Å². The molecule has 0 radical (unpaired) electrons. The van der Waals surface area contributed by atoms with Crippen molar-refractivity contribution in [1.82, 2.24) is 15.1 Å². The van der Waals surface area contributed by atoms with Crippen molar-refractivity contribution in [3.05, 3.63) is 35.9 Å². The number of nitrogens with zero attached hydrogens (tertiary/aromatic N) is 3. The highest BCUT2D eigenvalue weighted by Crippen LogP contribution is 2.18. The summed E-state index contributed by atoms with van der Waals surface area (Å²) in [5, 5.41) is 3.48. The SMILES string of the molecule is CCOC(=O)C1CCCN(C(=NC)NCC(C)N(C)Cc2ccccc2)C1.I. The molecule has 1 saturated heterocycles. The standard InChI is InChI=1S/C21H34N4O2.HI/c1-5-27-20(26)19-12-9-13-25(16-19)21(22-3)23-14-17(2)24(4)15-18-10-7-6-8-11-18;/h6-8,10-11,17,19H,5,9,12-16H2,1-4H3,(H,22,23);1H. The maximum absolute atomic E-state index is 12.1. The van der Waals surface area contributed by atoms with Gasteiger partial charge < -0.3 is 15.0 Å². The van der Waals surface area contributed by atoms with Crippen LogP contribution in [0.25, 0.3) is 0 Å². The minimum absolute atomic E-state index is 0. The summed E-state index contributed by atoms with van der Waals surface area (Å²) in [6, 6.07) is 10.8. The second-order valence-corrected chi connectivity index (χ2v) is 7.22. The van der Waals surface area contributed by atoms with Crippen LogP contribution >= 0.6 is 24.0 Å². The number of carbonyl (C=O) groups is 1. The molecule has 1 aliphatic rings. The number of ether oxygens (including phenoxy) is 1. The van der Waals surface area contributed by atoms with Crippen molar-refractivity contribution < 1.29 is 9.53 Å². The Hall–Kier alpha value is -1.35. The summed E-state index contributed by atoms with van der Waals surface area (Å²) in [6.07, 6.45) is 1.87. The minimum Gasteiger partial charge on any atom is -0.466 e. The molecule has 0 amide bonds. The van der Waals surface area contributed by atoms with Gasteiger partial charge in [0.15, 0.2) is 5.96 Å². The molecule has 6 nitrogen and oxygen atoms in total. The van der Waals surface area contributed by atoms with Crippen molar-refractivity contribution in [2.45, 2.75) is 39.3 Å². The summed E-state index contributed by atoms with van der Waals surface area (Å²) < 4.78 is 5.20. The second-order valence-electron chi connectivity index (χ2n) is 7.22. The maximum atomic E-state index is 12.1. The average molecular weight is 502 g/mol. The molecule has 1 fully saturated rings. The lowest BCUT2D eigenvalue weighted by Gasteiger charge is -2.35. The van der Waals surface area contributed by atoms with Crippen molar-refractivity contribution in [3.63, 3.8) is 0 Å². The van der Waals surface area contributed by atoms with Gasteiger partial charge in [0.05, 0.1) is 12.5 Å². The van der Waals surface area contributed by atoms with Crippen LogP contribution in [-0.2, 0) is 16.1 Å². The third kappa shape index (κ3) is 7.58. The summed E-state index contributed by atoms with van der Waals surface area (Å²) in [4.78, 5) is 21.0. The fourth-order valence-electron chi connectivity index (χ4n) is 3.38. The van der Waals surface area contributed by atoms with Crippen LogP contribution in [0.3, 0.4) is 0 Å². The molecule has 1 N–H and O–H groups in total. The van der Waals surface area contributed by atoms with E-state index >= 15 is 0 Å². The number of likely N-dealkylation sites (N-methyl/N-ethyl adjacent to an activating group) is 1. The fraction of sp³-hybridized carbons (Fsp3) is 0.619. The Labute approximate surface area is 186 Å². The van der Waals surface area contributed by atoms with Gasteiger partial charge >= 0.3 is 5.97 Å². The Morgan fingerprint density at radius 1 is 1.39 bits per heavy atom. The number of halogens is 1. The lowest BCUT2D eigenvalue weighted by atomic mass is 9.98. The van der Waals surface area contributed by atoms with E-state index in [9.17, 15) is 4.79 Å². The summed E-state index contributed by atoms with van der Waals surface area (Å²) in [5.74, 6) is 0.716. The van der Waals surface area contributed by atoms with Crippen molar-refractivity contribution in [2.75, 3.05) is 40.3 Å². The molecular formula is C21H35IN4O2. The number of aliphatic imine (C=N–C) groups is 1. The van der Waals surface area contributed by atoms with E-state index in [1.807, 2.05) is 13.0 Å². The van der Waals surface area contributed by atoms with E-state index in [1.165, 1.54) is 5.56 Å². The summed E-state index contributed by atoms with van der Waals surface area (Å²) in [7, 11) is 3.94. The lowest BCUT2D eigenvalue weighted by Crippen LogP contribution is -2.50. The number of hydrogen-bond donors (Lipinski definition) is 1. The van der Waals surface area contributed by atoms with Gasteiger partial charge in [-0.2, -0.15) is 0 Å². The van der Waals surface area contributed by atoms with Crippen LogP contribution in [0.1, 0.15) is 32.3 Å². The molecule has 0 aromatic heterocycles. The van der Waals surface area contributed by atoms with E-state index < -0.39 is 0 Å². The number of piperidine rings is 1. The predicted molar refractivity (Wildman–Crippen MR) is 125 cm³/mol. The van der Waals surface area contributed by atoms with Crippen LogP contribution in [0.2, 0.25) is 0 Å². The first-order valence-electron chi connectivity index (χ1n) is 9.91. The van der Waals surface area contributed by atoms with E-state index in [4.69, 9.17) is 4.74 Å². The molecule has 2 rings (SSSR count). The number of hydrogen-bond acceptors (Lipinski definition) is 4. The summed E-state index contributed by atoms with van der Waals surface area (Å²) >= 11 is 0. The zero-order chi connectivity index (χ0) is 19.6. The Balaban J connectivity index is 0.00000392. The van der Waals surface area contributed by atoms with Gasteiger partial charge in [0.2, 0.25) is 0 Å². The smallest absolute Gasteiger partial charge is 0.310 e. The fourth-order valence-corrected chi connectivity index (χ4v) is 3.38. The Kier molecular flexibility index (Phi) is 11.4. The molecule has 1 aromatic rings. The number of rotatable bonds is 7. The Morgan fingerprint density at radius 3 is 2.75 bits per heavy atom. The first kappa shape index (κ1) is 24.7. The van der Waals surface area contributed by atoms with E-state index in [2.05, 4.69) is 58.3 Å². The number of esters is 1. The molecule has 28 heavy (non-hydrogen) atoms. The monoisotopic (exact) mass is 502 g/mol. The number of carbonyl (C=O) groups excluding carboxylic acids is 1. The van der Waals surface area contributed by atoms with Crippen molar-refractivity contribution in [2.24, 2.45) is 10.9 Å². The van der Waals surface area contributed by atoms with E-state index in [1.54, 1.807) is 7.05 Å². The lowest BCUT2D eigenvalue weighted by molar-refractivity contribution is -0.149. The van der Waals surface area contributed by atoms with Crippen LogP contribution in [0.5, 0.6) is 0 Å². The van der Waals surface area contributed by atoms with Crippen LogP contribution in [0.15, 0.2) is 35.3 Å². The zero-order valence-corrected chi connectivity index (χ0v) is 19.9. The van der Waals surface area contributed by atoms with Crippen molar-refractivity contribution in [1.29, 1.82) is 0 Å². The van der Waals surface area contributed by atoms with E-state index in [0.29, 0.717) is 19.2 Å². The van der Waals surface area contributed by atoms with Crippen molar-refractivity contribution >= 4 is 35.9 Å². The van der Waals surface area contributed by atoms with Crippen LogP contribution in [0, 0.1) is 5.92 Å². The molecule has 1 aromatic carbocycles. The minimum atomic E-state index is -0.0892. The van der Waals surface area contributed by atoms with Gasteiger partial charge in [0, 0.05) is 39.3 Å². The zero-order valence-electron chi connectivity index (χ0n) is 17.6. The number of guanidine groups is 1. The third-order valence-corrected chi connectivity index (χ3v) is 5.14. The van der Waals surface area contributed by atoms with Gasteiger partial charge in [0.25, 0.3) is 0 Å². The van der Waals surface area contributed by atoms with Gasteiger partial charge in [-0.1, -0.05) is 30.3 Å². The molecule has 1 aliphatic heterocycles. The molecule has 0 bridgehead atoms. The highest BCUT2D eigenvalue weighted by atomic mass is 127. The molecule has 0 saturated carbocycles. The second kappa shape index (κ2) is 13.0. The van der Waals surface area contributed by atoms with Crippen LogP contribution < -0.4 is 5.32 Å². The highest BCUT2D eigenvalue weighted by Gasteiger charge is 2.28.